The van der Waals surface area contributed by atoms with Crippen molar-refractivity contribution >= 4 is 15.9 Å². The molecule has 3 heterocycles. The predicted octanol–water partition coefficient (Wildman–Crippen LogP) is 2.80. The van der Waals surface area contributed by atoms with E-state index in [2.05, 4.69) is 4.98 Å². The Labute approximate surface area is 177 Å². The monoisotopic (exact) mass is 429 g/mol. The average Bonchev–Trinajstić information content (AvgIpc) is 2.76. The Morgan fingerprint density at radius 2 is 1.77 bits per heavy atom. The molecular formula is C22H27N3O4S. The number of amides is 1. The number of benzene rings is 1. The molecule has 30 heavy (non-hydrogen) atoms. The fraction of sp³-hybridized carbons (Fsp3) is 0.455. The SMILES string of the molecule is CC(C)N1CC2(CCN(C(=O)c3ccncc3)CC2)COc2ccccc2S1(=O)=O. The Bertz CT molecular complexity index is 1020. The average molecular weight is 430 g/mol. The summed E-state index contributed by atoms with van der Waals surface area (Å²) in [6.07, 6.45) is 4.60. The van der Waals surface area contributed by atoms with Gasteiger partial charge in [-0.05, 0) is 51.0 Å². The molecule has 2 aliphatic rings. The fourth-order valence-corrected chi connectivity index (χ4v) is 6.11. The number of carbonyl (C=O) groups excluding carboxylic acids is 1. The first-order chi connectivity index (χ1) is 14.3. The Hall–Kier alpha value is -2.45. The predicted molar refractivity (Wildman–Crippen MR) is 113 cm³/mol. The van der Waals surface area contributed by atoms with Gasteiger partial charge in [-0.25, -0.2) is 8.42 Å². The number of nitrogens with zero attached hydrogens (tertiary/aromatic N) is 3. The number of pyridine rings is 1. The summed E-state index contributed by atoms with van der Waals surface area (Å²) < 4.78 is 34.4. The molecule has 0 atom stereocenters. The van der Waals surface area contributed by atoms with Crippen LogP contribution in [0.3, 0.4) is 0 Å². The summed E-state index contributed by atoms with van der Waals surface area (Å²) in [4.78, 5) is 18.8. The fourth-order valence-electron chi connectivity index (χ4n) is 4.22. The van der Waals surface area contributed by atoms with E-state index < -0.39 is 10.0 Å². The van der Waals surface area contributed by atoms with E-state index in [0.29, 0.717) is 50.4 Å². The molecule has 1 amide bonds. The van der Waals surface area contributed by atoms with Crippen molar-refractivity contribution in [1.82, 2.24) is 14.2 Å². The van der Waals surface area contributed by atoms with E-state index >= 15 is 0 Å². The van der Waals surface area contributed by atoms with E-state index in [0.717, 1.165) is 0 Å². The van der Waals surface area contributed by atoms with Gasteiger partial charge in [0, 0.05) is 49.0 Å². The third-order valence-electron chi connectivity index (χ3n) is 6.08. The molecule has 160 valence electrons. The number of carbonyl (C=O) groups is 1. The van der Waals surface area contributed by atoms with Crippen molar-refractivity contribution in [3.05, 3.63) is 54.4 Å². The molecule has 1 aromatic heterocycles. The van der Waals surface area contributed by atoms with Crippen LogP contribution < -0.4 is 4.74 Å². The highest BCUT2D eigenvalue weighted by molar-refractivity contribution is 7.89. The van der Waals surface area contributed by atoms with Crippen LogP contribution in [0, 0.1) is 5.41 Å². The Kier molecular flexibility index (Phi) is 5.55. The topological polar surface area (TPSA) is 79.8 Å². The summed E-state index contributed by atoms with van der Waals surface area (Å²) in [5.41, 5.74) is 0.287. The Balaban J connectivity index is 1.59. The molecule has 4 rings (SSSR count). The van der Waals surface area contributed by atoms with Crippen LogP contribution in [0.1, 0.15) is 37.0 Å². The van der Waals surface area contributed by atoms with Crippen LogP contribution in [0.2, 0.25) is 0 Å². The minimum absolute atomic E-state index is 0.0160. The zero-order chi connectivity index (χ0) is 21.4. The Morgan fingerprint density at radius 3 is 2.43 bits per heavy atom. The standard InChI is InChI=1S/C22H27N3O4S/c1-17(2)25-15-22(16-29-19-5-3-4-6-20(19)30(25,27)28)9-13-24(14-10-22)21(26)18-7-11-23-12-8-18/h3-8,11-12,17H,9-10,13-16H2,1-2H3. The number of likely N-dealkylation sites (tertiary alicyclic amines) is 1. The van der Waals surface area contributed by atoms with Crippen molar-refractivity contribution in [2.75, 3.05) is 26.2 Å². The molecule has 0 saturated carbocycles. The molecule has 7 nitrogen and oxygen atoms in total. The summed E-state index contributed by atoms with van der Waals surface area (Å²) in [7, 11) is -3.67. The maximum Gasteiger partial charge on any atom is 0.253 e. The molecule has 1 fully saturated rings. The maximum atomic E-state index is 13.4. The van der Waals surface area contributed by atoms with E-state index in [1.807, 2.05) is 18.7 Å². The van der Waals surface area contributed by atoms with Crippen molar-refractivity contribution < 1.29 is 17.9 Å². The van der Waals surface area contributed by atoms with Gasteiger partial charge in [0.2, 0.25) is 10.0 Å². The highest BCUT2D eigenvalue weighted by Crippen LogP contribution is 2.40. The molecule has 2 aromatic rings. The smallest absolute Gasteiger partial charge is 0.253 e. The van der Waals surface area contributed by atoms with E-state index in [1.165, 1.54) is 0 Å². The summed E-state index contributed by atoms with van der Waals surface area (Å²) in [6.45, 7) is 5.76. The van der Waals surface area contributed by atoms with Crippen LogP contribution in [0.15, 0.2) is 53.7 Å². The lowest BCUT2D eigenvalue weighted by molar-refractivity contribution is 0.0270. The van der Waals surface area contributed by atoms with Crippen LogP contribution in [-0.4, -0.2) is 60.8 Å². The van der Waals surface area contributed by atoms with E-state index in [4.69, 9.17) is 4.74 Å². The molecule has 0 N–H and O–H groups in total. The highest BCUT2D eigenvalue weighted by Gasteiger charge is 2.44. The lowest BCUT2D eigenvalue weighted by Crippen LogP contribution is -2.53. The molecule has 2 aliphatic heterocycles. The number of para-hydroxylation sites is 1. The number of rotatable bonds is 2. The quantitative estimate of drug-likeness (QED) is 0.733. The largest absolute Gasteiger partial charge is 0.492 e. The molecule has 1 aromatic carbocycles. The summed E-state index contributed by atoms with van der Waals surface area (Å²) in [5, 5.41) is 0. The molecule has 1 saturated heterocycles. The molecule has 0 bridgehead atoms. The van der Waals surface area contributed by atoms with Crippen LogP contribution in [0.4, 0.5) is 0 Å². The molecule has 0 unspecified atom stereocenters. The second kappa shape index (κ2) is 8.00. The van der Waals surface area contributed by atoms with Gasteiger partial charge in [-0.15, -0.1) is 0 Å². The second-order valence-electron chi connectivity index (χ2n) is 8.41. The van der Waals surface area contributed by atoms with Crippen molar-refractivity contribution in [3.8, 4) is 5.75 Å². The van der Waals surface area contributed by atoms with Gasteiger partial charge in [-0.3, -0.25) is 9.78 Å². The third kappa shape index (κ3) is 3.81. The second-order valence-corrected chi connectivity index (χ2v) is 10.3. The summed E-state index contributed by atoms with van der Waals surface area (Å²) >= 11 is 0. The highest BCUT2D eigenvalue weighted by atomic mass is 32.2. The normalized spacial score (nSPS) is 20.8. The number of sulfonamides is 1. The zero-order valence-electron chi connectivity index (χ0n) is 17.3. The van der Waals surface area contributed by atoms with Gasteiger partial charge in [-0.1, -0.05) is 12.1 Å². The van der Waals surface area contributed by atoms with E-state index in [-0.39, 0.29) is 22.3 Å². The van der Waals surface area contributed by atoms with Gasteiger partial charge in [0.05, 0.1) is 6.61 Å². The number of piperidine rings is 1. The van der Waals surface area contributed by atoms with Gasteiger partial charge in [0.15, 0.2) is 0 Å². The summed E-state index contributed by atoms with van der Waals surface area (Å²) in [6, 6.07) is 10.1. The lowest BCUT2D eigenvalue weighted by atomic mass is 9.78. The van der Waals surface area contributed by atoms with Crippen molar-refractivity contribution in [1.29, 1.82) is 0 Å². The molecular weight excluding hydrogens is 402 g/mol. The van der Waals surface area contributed by atoms with Crippen molar-refractivity contribution in [2.45, 2.75) is 37.6 Å². The molecule has 8 heteroatoms. The van der Waals surface area contributed by atoms with Gasteiger partial charge < -0.3 is 9.64 Å². The van der Waals surface area contributed by atoms with E-state index in [9.17, 15) is 13.2 Å². The molecule has 1 spiro atoms. The first-order valence-corrected chi connectivity index (χ1v) is 11.7. The number of fused-ring (bicyclic) bond motifs is 1. The van der Waals surface area contributed by atoms with E-state index in [1.54, 1.807) is 53.1 Å². The van der Waals surface area contributed by atoms with Crippen LogP contribution in [-0.2, 0) is 10.0 Å². The van der Waals surface area contributed by atoms with Crippen LogP contribution in [0.25, 0.3) is 0 Å². The zero-order valence-corrected chi connectivity index (χ0v) is 18.1. The third-order valence-corrected chi connectivity index (χ3v) is 8.14. The van der Waals surface area contributed by atoms with Gasteiger partial charge in [-0.2, -0.15) is 4.31 Å². The number of hydrogen-bond donors (Lipinski definition) is 0. The minimum Gasteiger partial charge on any atom is -0.492 e. The van der Waals surface area contributed by atoms with Crippen molar-refractivity contribution in [2.24, 2.45) is 5.41 Å². The minimum atomic E-state index is -3.67. The van der Waals surface area contributed by atoms with Crippen LogP contribution >= 0.6 is 0 Å². The lowest BCUT2D eigenvalue weighted by Gasteiger charge is -2.45. The number of aromatic nitrogens is 1. The number of ether oxygens (including phenoxy) is 1. The van der Waals surface area contributed by atoms with Gasteiger partial charge >= 0.3 is 0 Å². The van der Waals surface area contributed by atoms with Crippen molar-refractivity contribution in [3.63, 3.8) is 0 Å². The molecule has 0 aliphatic carbocycles. The first kappa shape index (κ1) is 20.8. The van der Waals surface area contributed by atoms with Gasteiger partial charge in [0.25, 0.3) is 5.91 Å². The maximum absolute atomic E-state index is 13.4. The first-order valence-electron chi connectivity index (χ1n) is 10.3. The van der Waals surface area contributed by atoms with Crippen LogP contribution in [0.5, 0.6) is 5.75 Å². The summed E-state index contributed by atoms with van der Waals surface area (Å²) in [5.74, 6) is 0.384. The van der Waals surface area contributed by atoms with Gasteiger partial charge in [0.1, 0.15) is 10.6 Å². The Morgan fingerprint density at radius 1 is 1.10 bits per heavy atom. The molecule has 0 radical (unpaired) electrons. The number of hydrogen-bond acceptors (Lipinski definition) is 5.